The number of nitro groups is 1. The molecule has 3 N–H and O–H groups in total. The number of aromatic amines is 1. The highest BCUT2D eigenvalue weighted by Gasteiger charge is 2.31. The van der Waals surface area contributed by atoms with Gasteiger partial charge in [0.05, 0.1) is 28.4 Å². The summed E-state index contributed by atoms with van der Waals surface area (Å²) in [6.45, 7) is -16.1. The summed E-state index contributed by atoms with van der Waals surface area (Å²) in [6, 6.07) is 12.2. The molecule has 1 amide bonds. The molecule has 0 atom stereocenters. The Morgan fingerprint density at radius 1 is 1.11 bits per heavy atom. The minimum atomic E-state index is -5.08. The molecule has 2 saturated heterocycles. The van der Waals surface area contributed by atoms with Gasteiger partial charge in [0.1, 0.15) is 22.8 Å². The van der Waals surface area contributed by atoms with Gasteiger partial charge in [-0.25, -0.2) is 18.1 Å². The number of carbonyl (C=O) groups is 1. The normalized spacial score (nSPS) is 24.6. The maximum atomic E-state index is 14.2. The van der Waals surface area contributed by atoms with Gasteiger partial charge in [-0.05, 0) is 103 Å². The second-order valence-electron chi connectivity index (χ2n) is 15.3. The zero-order valence-electron chi connectivity index (χ0n) is 46.0. The van der Waals surface area contributed by atoms with Crippen molar-refractivity contribution in [1.29, 1.82) is 0 Å². The molecule has 2 aromatic heterocycles. The molecular formula is C45H50ClN7O7S. The van der Waals surface area contributed by atoms with E-state index in [2.05, 4.69) is 15.3 Å². The monoisotopic (exact) mass is 880 g/mol. The summed E-state index contributed by atoms with van der Waals surface area (Å²) < 4.78 is 161. The lowest BCUT2D eigenvalue weighted by Crippen LogP contribution is -2.47. The molecule has 1 aliphatic carbocycles. The van der Waals surface area contributed by atoms with Gasteiger partial charge in [0.25, 0.3) is 21.6 Å². The summed E-state index contributed by atoms with van der Waals surface area (Å²) >= 11 is 6.17. The number of hydrogen-bond acceptors (Lipinski definition) is 11. The highest BCUT2D eigenvalue weighted by Crippen LogP contribution is 2.43. The molecule has 3 aliphatic rings. The van der Waals surface area contributed by atoms with E-state index in [1.54, 1.807) is 41.3 Å². The smallest absolute Gasteiger partial charge is 0.293 e. The standard InChI is InChI=1S/C45H50ClN7O7S/c1-45(2)15-11-33(39(26-45)31-3-5-34(46)6-4-31)29-51-17-19-52(20-18-51)35-7-9-38(42(24-35)60-36-23-32-12-16-47-43(32)49-28-36)44(54)50-61(57,58)37-8-10-40(41(25-37)53(55)56)48-27-30-13-21-59-22-14-30/h3-10,12,16,23-25,28,30,48H,11,13-15,17-22,26-27,29H2,1-2H3,(H,47,49)(H,50,54)/i7D,17D2,18D2,19D2,20D2,27D2,29D2. The fraction of sp³-hybridized carbons (Fsp3) is 0.378. The molecule has 61 heavy (non-hydrogen) atoms. The fourth-order valence-electron chi connectivity index (χ4n) is 7.05. The number of aromatic nitrogens is 2. The van der Waals surface area contributed by atoms with Gasteiger partial charge in [0.15, 0.2) is 0 Å². The van der Waals surface area contributed by atoms with E-state index in [9.17, 15) is 37.0 Å². The van der Waals surface area contributed by atoms with Gasteiger partial charge >= 0.3 is 0 Å². The van der Waals surface area contributed by atoms with Gasteiger partial charge in [0, 0.05) is 97.6 Å². The van der Waals surface area contributed by atoms with Crippen molar-refractivity contribution in [2.75, 3.05) is 62.4 Å². The first-order chi connectivity index (χ1) is 34.2. The highest BCUT2D eigenvalue weighted by molar-refractivity contribution is 7.90. The molecule has 2 fully saturated rings. The Bertz CT molecular complexity index is 3160. The molecule has 0 saturated carbocycles. The Hall–Kier alpha value is -5.48. The predicted molar refractivity (Wildman–Crippen MR) is 237 cm³/mol. The van der Waals surface area contributed by atoms with Gasteiger partial charge in [0.2, 0.25) is 0 Å². The number of halogens is 1. The lowest BCUT2D eigenvalue weighted by atomic mass is 9.72. The van der Waals surface area contributed by atoms with Crippen LogP contribution in [-0.4, -0.2) is 86.3 Å². The van der Waals surface area contributed by atoms with Crippen LogP contribution in [0.4, 0.5) is 17.1 Å². The topological polar surface area (TPSA) is 172 Å². The van der Waals surface area contributed by atoms with E-state index in [4.69, 9.17) is 25.2 Å². The van der Waals surface area contributed by atoms with Crippen molar-refractivity contribution >= 4 is 61.2 Å². The van der Waals surface area contributed by atoms with Crippen molar-refractivity contribution in [3.63, 3.8) is 0 Å². The number of anilines is 2. The number of allylic oxidation sites excluding steroid dienone is 1. The Labute approximate surface area is 378 Å². The third kappa shape index (κ3) is 10.0. The van der Waals surface area contributed by atoms with Crippen LogP contribution in [0, 0.1) is 21.4 Å². The number of nitro benzene ring substituents is 1. The summed E-state index contributed by atoms with van der Waals surface area (Å²) in [5.74, 6) is -3.00. The van der Waals surface area contributed by atoms with Crippen molar-refractivity contribution < 1.29 is 45.4 Å². The number of amides is 1. The number of ether oxygens (including phenoxy) is 2. The molecule has 0 spiro atoms. The Kier molecular flexibility index (Phi) is 8.47. The summed E-state index contributed by atoms with van der Waals surface area (Å²) in [4.78, 5) is 31.7. The first-order valence-corrected chi connectivity index (χ1v) is 21.2. The number of pyridine rings is 1. The molecule has 5 aromatic rings. The third-order valence-corrected chi connectivity index (χ3v) is 12.0. The van der Waals surface area contributed by atoms with Gasteiger partial charge in [-0.3, -0.25) is 19.8 Å². The predicted octanol–water partition coefficient (Wildman–Crippen LogP) is 8.66. The van der Waals surface area contributed by atoms with Crippen LogP contribution in [0.1, 0.15) is 79.7 Å². The largest absolute Gasteiger partial charge is 0.455 e. The van der Waals surface area contributed by atoms with Crippen LogP contribution in [0.25, 0.3) is 16.6 Å². The maximum Gasteiger partial charge on any atom is 0.293 e. The summed E-state index contributed by atoms with van der Waals surface area (Å²) in [6.07, 6.45) is 3.86. The van der Waals surface area contributed by atoms with Gasteiger partial charge in [-0.2, -0.15) is 0 Å². The van der Waals surface area contributed by atoms with E-state index in [1.807, 2.05) is 13.8 Å². The Balaban J connectivity index is 1.20. The maximum absolute atomic E-state index is 14.2. The first-order valence-electron chi connectivity index (χ1n) is 25.8. The Morgan fingerprint density at radius 2 is 1.89 bits per heavy atom. The average molecular weight is 882 g/mol. The van der Waals surface area contributed by atoms with E-state index in [-0.39, 0.29) is 52.9 Å². The fourth-order valence-corrected chi connectivity index (χ4v) is 8.16. The number of benzene rings is 3. The van der Waals surface area contributed by atoms with E-state index in [0.29, 0.717) is 64.7 Å². The molecular weight excluding hydrogens is 818 g/mol. The minimum absolute atomic E-state index is 0.00849. The molecule has 2 aliphatic heterocycles. The molecule has 4 heterocycles. The van der Waals surface area contributed by atoms with Crippen LogP contribution >= 0.6 is 11.6 Å². The number of H-pyrrole nitrogens is 1. The number of carbonyl (C=O) groups excluding carboxylic acids is 1. The second kappa shape index (κ2) is 17.9. The molecule has 16 heteroatoms. The van der Waals surface area contributed by atoms with E-state index >= 15 is 0 Å². The van der Waals surface area contributed by atoms with E-state index in [0.717, 1.165) is 12.1 Å². The summed E-state index contributed by atoms with van der Waals surface area (Å²) in [7, 11) is -5.08. The third-order valence-electron chi connectivity index (χ3n) is 10.4. The molecule has 320 valence electrons. The van der Waals surface area contributed by atoms with Crippen molar-refractivity contribution in [2.24, 2.45) is 11.3 Å². The van der Waals surface area contributed by atoms with Gasteiger partial charge in [-0.1, -0.05) is 43.2 Å². The lowest BCUT2D eigenvalue weighted by Gasteiger charge is -2.39. The first kappa shape index (κ1) is 28.9. The Morgan fingerprint density at radius 3 is 2.64 bits per heavy atom. The number of piperazine rings is 1. The van der Waals surface area contributed by atoms with Crippen molar-refractivity contribution in [3.8, 4) is 11.5 Å². The summed E-state index contributed by atoms with van der Waals surface area (Å²) in [5, 5.41) is 15.6. The zero-order chi connectivity index (χ0) is 54.4. The quantitative estimate of drug-likeness (QED) is 0.0764. The van der Waals surface area contributed by atoms with Crippen molar-refractivity contribution in [2.45, 2.75) is 50.8 Å². The molecule has 0 bridgehead atoms. The highest BCUT2D eigenvalue weighted by atomic mass is 35.5. The van der Waals surface area contributed by atoms with Crippen LogP contribution in [0.15, 0.2) is 95.6 Å². The summed E-state index contributed by atoms with van der Waals surface area (Å²) in [5.41, 5.74) is -2.20. The number of fused-ring (bicyclic) bond motifs is 1. The van der Waals surface area contributed by atoms with Crippen LogP contribution in [0.5, 0.6) is 11.5 Å². The number of nitrogens with one attached hydrogen (secondary N) is 3. The van der Waals surface area contributed by atoms with Gasteiger partial charge in [-0.15, -0.1) is 0 Å². The average Bonchev–Trinajstić information content (AvgIpc) is 3.77. The van der Waals surface area contributed by atoms with Crippen molar-refractivity contribution in [3.05, 3.63) is 117 Å². The second-order valence-corrected chi connectivity index (χ2v) is 17.5. The van der Waals surface area contributed by atoms with Crippen LogP contribution in [0.2, 0.25) is 5.02 Å². The molecule has 8 rings (SSSR count). The van der Waals surface area contributed by atoms with Crippen LogP contribution < -0.4 is 19.7 Å². The minimum Gasteiger partial charge on any atom is -0.455 e. The SMILES string of the molecule is [2H]c1cc(C(=O)NS(=O)(=O)c2ccc(NC([2H])([2H])C3CCOCC3)c([N+](=O)[O-])c2)c(Oc2cnc3[nH]ccc3c2)cc1N1C([2H])([2H])C([2H])([2H])N(C([2H])([2H])C2=C(c3ccc(Cl)cc3)CC(C)(C)CC2)C([2H])([2H])C1([2H])[2H]. The van der Waals surface area contributed by atoms with Crippen LogP contribution in [0.3, 0.4) is 0 Å². The molecule has 3 aromatic carbocycles. The molecule has 14 nitrogen and oxygen atoms in total. The molecule has 0 radical (unpaired) electrons. The lowest BCUT2D eigenvalue weighted by molar-refractivity contribution is -0.384. The van der Waals surface area contributed by atoms with Crippen LogP contribution in [-0.2, 0) is 14.8 Å². The number of hydrogen-bond donors (Lipinski definition) is 3. The molecule has 0 unspecified atom stereocenters. The number of rotatable bonds is 13. The van der Waals surface area contributed by atoms with Crippen molar-refractivity contribution in [1.82, 2.24) is 19.6 Å². The van der Waals surface area contributed by atoms with Gasteiger partial charge < -0.3 is 24.7 Å². The van der Waals surface area contributed by atoms with E-state index in [1.165, 1.54) is 12.3 Å². The number of nitrogens with zero attached hydrogens (tertiary/aromatic N) is 4. The number of sulfonamides is 1. The zero-order valence-corrected chi connectivity index (χ0v) is 34.5. The van der Waals surface area contributed by atoms with E-state index < -0.39 is 105 Å².